The lowest BCUT2D eigenvalue weighted by Crippen LogP contribution is -2.48. The number of nitrogens with one attached hydrogen (secondary N) is 1. The Morgan fingerprint density at radius 3 is 2.11 bits per heavy atom. The summed E-state index contributed by atoms with van der Waals surface area (Å²) in [4.78, 5) is 17.5. The summed E-state index contributed by atoms with van der Waals surface area (Å²) in [5.74, 6) is 0.170. The van der Waals surface area contributed by atoms with Crippen LogP contribution >= 0.6 is 0 Å². The number of carbonyl (C=O) groups excluding carboxylic acids is 1. The number of hydrogen-bond acceptors (Lipinski definition) is 6. The Hall–Kier alpha value is -4.41. The Labute approximate surface area is 216 Å². The average molecular weight is 492 g/mol. The van der Waals surface area contributed by atoms with Crippen LogP contribution in [0.25, 0.3) is 0 Å². The molecule has 5 rings (SSSR count). The molecule has 3 aromatic carbocycles. The average Bonchev–Trinajstić information content (AvgIpc) is 3.28. The van der Waals surface area contributed by atoms with E-state index in [0.29, 0.717) is 28.3 Å². The minimum atomic E-state index is -0.297. The highest BCUT2D eigenvalue weighted by atomic mass is 16.5. The van der Waals surface area contributed by atoms with E-state index in [4.69, 9.17) is 4.52 Å². The smallest absolute Gasteiger partial charge is 0.261 e. The summed E-state index contributed by atoms with van der Waals surface area (Å²) in [6, 6.07) is 29.2. The topological polar surface area (TPSA) is 85.4 Å². The van der Waals surface area contributed by atoms with E-state index in [-0.39, 0.29) is 11.9 Å². The maximum absolute atomic E-state index is 12.7. The number of anilines is 2. The number of aromatic nitrogens is 1. The summed E-state index contributed by atoms with van der Waals surface area (Å²) >= 11 is 0. The molecular weight excluding hydrogens is 462 g/mol. The van der Waals surface area contributed by atoms with E-state index < -0.39 is 0 Å². The van der Waals surface area contributed by atoms with Gasteiger partial charge in [-0.25, -0.2) is 0 Å². The van der Waals surface area contributed by atoms with Crippen molar-refractivity contribution in [1.29, 1.82) is 5.26 Å². The van der Waals surface area contributed by atoms with Gasteiger partial charge in [-0.1, -0.05) is 65.8 Å². The van der Waals surface area contributed by atoms with E-state index in [1.807, 2.05) is 24.3 Å². The van der Waals surface area contributed by atoms with Crippen LogP contribution in [0.2, 0.25) is 0 Å². The summed E-state index contributed by atoms with van der Waals surface area (Å²) < 4.78 is 5.11. The highest BCUT2D eigenvalue weighted by Gasteiger charge is 2.27. The summed E-state index contributed by atoms with van der Waals surface area (Å²) in [7, 11) is 0. The Balaban J connectivity index is 1.31. The van der Waals surface area contributed by atoms with Crippen LogP contribution in [0.1, 0.15) is 44.5 Å². The van der Waals surface area contributed by atoms with Crippen molar-refractivity contribution in [2.24, 2.45) is 0 Å². The molecule has 0 unspecified atom stereocenters. The first kappa shape index (κ1) is 24.3. The third-order valence-electron chi connectivity index (χ3n) is 6.89. The number of rotatable bonds is 6. The van der Waals surface area contributed by atoms with Gasteiger partial charge in [0.2, 0.25) is 0 Å². The van der Waals surface area contributed by atoms with Crippen molar-refractivity contribution in [2.45, 2.75) is 19.9 Å². The van der Waals surface area contributed by atoms with Gasteiger partial charge < -0.3 is 14.7 Å². The van der Waals surface area contributed by atoms with Gasteiger partial charge in [0.1, 0.15) is 17.4 Å². The van der Waals surface area contributed by atoms with Gasteiger partial charge in [-0.2, -0.15) is 5.26 Å². The molecule has 1 aliphatic heterocycles. The van der Waals surface area contributed by atoms with E-state index in [0.717, 1.165) is 31.9 Å². The van der Waals surface area contributed by atoms with Gasteiger partial charge >= 0.3 is 0 Å². The summed E-state index contributed by atoms with van der Waals surface area (Å²) in [5, 5.41) is 16.6. The first-order valence-electron chi connectivity index (χ1n) is 12.4. The fourth-order valence-electron chi connectivity index (χ4n) is 5.09. The molecule has 1 saturated heterocycles. The van der Waals surface area contributed by atoms with Gasteiger partial charge in [-0.15, -0.1) is 0 Å². The van der Waals surface area contributed by atoms with Crippen LogP contribution in [0.3, 0.4) is 0 Å². The van der Waals surface area contributed by atoms with E-state index in [2.05, 4.69) is 74.9 Å². The molecule has 7 nitrogen and oxygen atoms in total. The first-order valence-corrected chi connectivity index (χ1v) is 12.4. The predicted octanol–water partition coefficient (Wildman–Crippen LogP) is 5.33. The van der Waals surface area contributed by atoms with E-state index in [1.54, 1.807) is 19.9 Å². The Morgan fingerprint density at radius 2 is 1.57 bits per heavy atom. The molecule has 7 heteroatoms. The Kier molecular flexibility index (Phi) is 7.02. The van der Waals surface area contributed by atoms with Gasteiger partial charge in [0, 0.05) is 31.9 Å². The zero-order valence-corrected chi connectivity index (χ0v) is 21.0. The first-order chi connectivity index (χ1) is 18.0. The van der Waals surface area contributed by atoms with Crippen molar-refractivity contribution in [3.05, 3.63) is 113 Å². The van der Waals surface area contributed by atoms with E-state index in [9.17, 15) is 10.1 Å². The molecule has 0 aliphatic carbocycles. The molecule has 0 spiro atoms. The molecule has 1 fully saturated rings. The summed E-state index contributed by atoms with van der Waals surface area (Å²) in [6.07, 6.45) is 0. The number of nitriles is 1. The predicted molar refractivity (Wildman–Crippen MR) is 144 cm³/mol. The fraction of sp³-hybridized carbons (Fsp3) is 0.233. The number of amides is 1. The van der Waals surface area contributed by atoms with Crippen molar-refractivity contribution in [3.8, 4) is 6.07 Å². The minimum Gasteiger partial charge on any atom is -0.368 e. The monoisotopic (exact) mass is 491 g/mol. The standard InChI is InChI=1S/C30H29N5O2/c1-21-28(22(2)37-33-21)30(36)32-26-13-14-27(25(19-26)20-31)34-15-17-35(18-16-34)29(23-9-5-3-6-10-23)24-11-7-4-8-12-24/h3-14,19,29H,15-18H2,1-2H3,(H,32,36). The second kappa shape index (κ2) is 10.7. The van der Waals surface area contributed by atoms with Gasteiger partial charge in [-0.3, -0.25) is 9.69 Å². The van der Waals surface area contributed by atoms with Gasteiger partial charge in [0.15, 0.2) is 0 Å². The molecule has 1 N–H and O–H groups in total. The highest BCUT2D eigenvalue weighted by Crippen LogP contribution is 2.31. The van der Waals surface area contributed by atoms with Gasteiger partial charge in [0.25, 0.3) is 5.91 Å². The van der Waals surface area contributed by atoms with Gasteiger partial charge in [-0.05, 0) is 43.2 Å². The van der Waals surface area contributed by atoms with Crippen LogP contribution in [-0.4, -0.2) is 42.1 Å². The van der Waals surface area contributed by atoms with Crippen molar-refractivity contribution in [3.63, 3.8) is 0 Å². The maximum Gasteiger partial charge on any atom is 0.261 e. The minimum absolute atomic E-state index is 0.182. The molecule has 37 heavy (non-hydrogen) atoms. The second-order valence-electron chi connectivity index (χ2n) is 9.24. The Morgan fingerprint density at radius 1 is 0.946 bits per heavy atom. The van der Waals surface area contributed by atoms with Crippen molar-refractivity contribution < 1.29 is 9.32 Å². The zero-order chi connectivity index (χ0) is 25.8. The molecule has 4 aromatic rings. The number of carbonyl (C=O) groups is 1. The lowest BCUT2D eigenvalue weighted by Gasteiger charge is -2.41. The molecule has 0 radical (unpaired) electrons. The highest BCUT2D eigenvalue weighted by molar-refractivity contribution is 6.05. The lowest BCUT2D eigenvalue weighted by molar-refractivity contribution is 0.102. The third kappa shape index (κ3) is 5.11. The van der Waals surface area contributed by atoms with Crippen LogP contribution in [0, 0.1) is 25.2 Å². The SMILES string of the molecule is Cc1noc(C)c1C(=O)Nc1ccc(N2CCN(C(c3ccccc3)c3ccccc3)CC2)c(C#N)c1. The van der Waals surface area contributed by atoms with Crippen LogP contribution in [0.4, 0.5) is 11.4 Å². The number of hydrogen-bond donors (Lipinski definition) is 1. The molecule has 1 aromatic heterocycles. The van der Waals surface area contributed by atoms with E-state index in [1.165, 1.54) is 11.1 Å². The van der Waals surface area contributed by atoms with E-state index >= 15 is 0 Å². The van der Waals surface area contributed by atoms with Crippen LogP contribution in [-0.2, 0) is 0 Å². The van der Waals surface area contributed by atoms with Crippen molar-refractivity contribution in [1.82, 2.24) is 10.1 Å². The van der Waals surface area contributed by atoms with Gasteiger partial charge in [0.05, 0.1) is 23.0 Å². The third-order valence-corrected chi connectivity index (χ3v) is 6.89. The number of aryl methyl sites for hydroxylation is 2. The molecule has 1 amide bonds. The molecule has 1 aliphatic rings. The quantitative estimate of drug-likeness (QED) is 0.393. The molecule has 0 bridgehead atoms. The van der Waals surface area contributed by atoms with Crippen LogP contribution in [0.15, 0.2) is 83.4 Å². The Bertz CT molecular complexity index is 1360. The molecular formula is C30H29N5O2. The van der Waals surface area contributed by atoms with Crippen LogP contribution in [0.5, 0.6) is 0 Å². The summed E-state index contributed by atoms with van der Waals surface area (Å²) in [6.45, 7) is 6.77. The zero-order valence-electron chi connectivity index (χ0n) is 21.0. The molecule has 2 heterocycles. The lowest BCUT2D eigenvalue weighted by atomic mass is 9.96. The molecule has 0 atom stereocenters. The van der Waals surface area contributed by atoms with Crippen LogP contribution < -0.4 is 10.2 Å². The van der Waals surface area contributed by atoms with Crippen molar-refractivity contribution >= 4 is 17.3 Å². The second-order valence-corrected chi connectivity index (χ2v) is 9.24. The summed E-state index contributed by atoms with van der Waals surface area (Å²) in [5.41, 5.74) is 5.49. The van der Waals surface area contributed by atoms with Crippen molar-refractivity contribution in [2.75, 3.05) is 36.4 Å². The normalized spacial score (nSPS) is 13.9. The maximum atomic E-state index is 12.7. The number of nitrogens with zero attached hydrogens (tertiary/aromatic N) is 4. The fourth-order valence-corrected chi connectivity index (χ4v) is 5.09. The number of piperazine rings is 1. The molecule has 0 saturated carbocycles. The molecule has 186 valence electrons. The largest absolute Gasteiger partial charge is 0.368 e. The number of benzene rings is 3.